The van der Waals surface area contributed by atoms with Crippen LogP contribution in [-0.4, -0.2) is 35.7 Å². The highest BCUT2D eigenvalue weighted by molar-refractivity contribution is 7.15. The molecule has 0 spiro atoms. The van der Waals surface area contributed by atoms with Crippen LogP contribution in [0.1, 0.15) is 17.6 Å². The van der Waals surface area contributed by atoms with Crippen LogP contribution in [0.15, 0.2) is 17.8 Å². The van der Waals surface area contributed by atoms with Crippen molar-refractivity contribution in [2.45, 2.75) is 20.3 Å². The Morgan fingerprint density at radius 1 is 1.41 bits per heavy atom. The van der Waals surface area contributed by atoms with Crippen LogP contribution in [0.2, 0.25) is 0 Å². The molecule has 8 nitrogen and oxygen atoms in total. The van der Waals surface area contributed by atoms with E-state index in [0.717, 1.165) is 22.6 Å². The van der Waals surface area contributed by atoms with E-state index in [1.54, 1.807) is 0 Å². The summed E-state index contributed by atoms with van der Waals surface area (Å²) in [5.41, 5.74) is 0.742. The summed E-state index contributed by atoms with van der Waals surface area (Å²) in [5, 5.41) is 12.8. The maximum absolute atomic E-state index is 11.8. The highest BCUT2D eigenvalue weighted by Crippen LogP contribution is 2.12. The van der Waals surface area contributed by atoms with E-state index >= 15 is 0 Å². The van der Waals surface area contributed by atoms with E-state index in [-0.39, 0.29) is 12.3 Å². The molecule has 0 saturated carbocycles. The van der Waals surface area contributed by atoms with E-state index in [0.29, 0.717) is 5.95 Å². The van der Waals surface area contributed by atoms with Crippen LogP contribution in [0, 0.1) is 6.92 Å². The topological polar surface area (TPSA) is 109 Å². The second kappa shape index (κ2) is 7.09. The number of carbonyl (C=O) groups excluding carboxylic acids is 1. The number of nitrogens with zero attached hydrogens (tertiary/aromatic N) is 4. The van der Waals surface area contributed by atoms with Crippen molar-refractivity contribution >= 4 is 45.7 Å². The average molecular weight is 339 g/mol. The number of hydrogen-bond donors (Lipinski definition) is 2. The van der Waals surface area contributed by atoms with Gasteiger partial charge < -0.3 is 5.11 Å². The molecule has 0 aromatic carbocycles. The van der Waals surface area contributed by atoms with Crippen molar-refractivity contribution in [1.82, 2.24) is 18.7 Å². The molecule has 1 amide bonds. The lowest BCUT2D eigenvalue weighted by Gasteiger charge is -1.97. The third kappa shape index (κ3) is 4.60. The largest absolute Gasteiger partial charge is 0.481 e. The molecular formula is C12H13N5O3S2. The fourth-order valence-electron chi connectivity index (χ4n) is 1.54. The minimum atomic E-state index is -0.833. The fraction of sp³-hybridized carbons (Fsp3) is 0.250. The number of aromatic nitrogens is 4. The molecule has 3 rings (SSSR count). The lowest BCUT2D eigenvalue weighted by atomic mass is 10.3. The van der Waals surface area contributed by atoms with Crippen molar-refractivity contribution in [2.75, 3.05) is 5.32 Å². The van der Waals surface area contributed by atoms with Crippen molar-refractivity contribution < 1.29 is 14.7 Å². The van der Waals surface area contributed by atoms with Crippen molar-refractivity contribution in [3.05, 3.63) is 28.5 Å². The number of thiazole rings is 1. The smallest absolute Gasteiger partial charge is 0.300 e. The average Bonchev–Trinajstić information content (AvgIpc) is 3.04. The number of rotatable bonds is 3. The Balaban J connectivity index is 0.000000396. The summed E-state index contributed by atoms with van der Waals surface area (Å²) in [6, 6.07) is 0. The Morgan fingerprint density at radius 3 is 2.73 bits per heavy atom. The van der Waals surface area contributed by atoms with Gasteiger partial charge in [-0.15, -0.1) is 11.3 Å². The van der Waals surface area contributed by atoms with Gasteiger partial charge in [-0.1, -0.05) is 0 Å². The Hall–Kier alpha value is -2.33. The second-order valence-electron chi connectivity index (χ2n) is 4.21. The first-order valence-corrected chi connectivity index (χ1v) is 7.80. The summed E-state index contributed by atoms with van der Waals surface area (Å²) in [6.07, 6.45) is 4.00. The molecule has 22 heavy (non-hydrogen) atoms. The minimum Gasteiger partial charge on any atom is -0.481 e. The highest BCUT2D eigenvalue weighted by Gasteiger charge is 2.10. The number of nitrogens with one attached hydrogen (secondary N) is 1. The molecular weight excluding hydrogens is 326 g/mol. The summed E-state index contributed by atoms with van der Waals surface area (Å²) in [5.74, 6) is -0.623. The zero-order chi connectivity index (χ0) is 16.1. The number of carboxylic acids is 1. The van der Waals surface area contributed by atoms with E-state index in [2.05, 4.69) is 19.7 Å². The number of aryl methyl sites for hydroxylation is 1. The van der Waals surface area contributed by atoms with E-state index < -0.39 is 5.97 Å². The molecule has 3 aromatic heterocycles. The summed E-state index contributed by atoms with van der Waals surface area (Å²) in [4.78, 5) is 30.1. The first kappa shape index (κ1) is 16.0. The zero-order valence-corrected chi connectivity index (χ0v) is 13.4. The van der Waals surface area contributed by atoms with Crippen molar-refractivity contribution in [2.24, 2.45) is 0 Å². The van der Waals surface area contributed by atoms with Gasteiger partial charge in [-0.05, 0) is 18.5 Å². The highest BCUT2D eigenvalue weighted by atomic mass is 32.1. The van der Waals surface area contributed by atoms with E-state index in [1.807, 2.05) is 29.1 Å². The Bertz CT molecular complexity index is 759. The zero-order valence-electron chi connectivity index (χ0n) is 11.8. The molecule has 0 fully saturated rings. The van der Waals surface area contributed by atoms with Gasteiger partial charge in [-0.2, -0.15) is 4.37 Å². The molecule has 0 bridgehead atoms. The molecule has 3 aromatic rings. The standard InChI is InChI=1S/C10H9N5OS2.C2H4O2/c1-6-11-9(14-18-6)13-8(16)4-7-5-15-2-3-17-10(15)12-7;1-2(3)4/h2-3,5H,4H2,1H3,(H,13,14,16);1H3,(H,3,4). The summed E-state index contributed by atoms with van der Waals surface area (Å²) >= 11 is 2.80. The normalized spacial score (nSPS) is 10.1. The summed E-state index contributed by atoms with van der Waals surface area (Å²) < 4.78 is 5.91. The van der Waals surface area contributed by atoms with Gasteiger partial charge in [-0.25, -0.2) is 9.97 Å². The molecule has 0 saturated heterocycles. The van der Waals surface area contributed by atoms with Gasteiger partial charge in [0.05, 0.1) is 12.1 Å². The van der Waals surface area contributed by atoms with E-state index in [1.165, 1.54) is 22.9 Å². The third-order valence-electron chi connectivity index (χ3n) is 2.26. The van der Waals surface area contributed by atoms with Gasteiger partial charge in [-0.3, -0.25) is 19.3 Å². The number of carbonyl (C=O) groups is 2. The van der Waals surface area contributed by atoms with Gasteiger partial charge in [0.2, 0.25) is 11.9 Å². The molecule has 0 aliphatic rings. The lowest BCUT2D eigenvalue weighted by Crippen LogP contribution is -2.15. The Labute approximate surface area is 133 Å². The van der Waals surface area contributed by atoms with Crippen LogP contribution in [0.5, 0.6) is 0 Å². The van der Waals surface area contributed by atoms with Crippen molar-refractivity contribution in [1.29, 1.82) is 0 Å². The van der Waals surface area contributed by atoms with Crippen LogP contribution >= 0.6 is 22.9 Å². The monoisotopic (exact) mass is 339 g/mol. The number of carboxylic acid groups (broad SMARTS) is 1. The number of amides is 1. The Kier molecular flexibility index (Phi) is 5.17. The first-order chi connectivity index (χ1) is 10.4. The molecule has 0 aliphatic heterocycles. The molecule has 0 unspecified atom stereocenters. The second-order valence-corrected chi connectivity index (χ2v) is 6.04. The van der Waals surface area contributed by atoms with E-state index in [9.17, 15) is 4.79 Å². The summed E-state index contributed by atoms with van der Waals surface area (Å²) in [7, 11) is 0. The Morgan fingerprint density at radius 2 is 2.14 bits per heavy atom. The molecule has 3 heterocycles. The first-order valence-electron chi connectivity index (χ1n) is 6.15. The molecule has 2 N–H and O–H groups in total. The number of fused-ring (bicyclic) bond motifs is 1. The van der Waals surface area contributed by atoms with Crippen LogP contribution in [0.3, 0.4) is 0 Å². The number of aliphatic carboxylic acids is 1. The summed E-state index contributed by atoms with van der Waals surface area (Å²) in [6.45, 7) is 2.93. The quantitative estimate of drug-likeness (QED) is 0.753. The third-order valence-corrected chi connectivity index (χ3v) is 3.65. The number of imidazole rings is 1. The van der Waals surface area contributed by atoms with Gasteiger partial charge in [0.15, 0.2) is 4.96 Å². The lowest BCUT2D eigenvalue weighted by molar-refractivity contribution is -0.134. The van der Waals surface area contributed by atoms with Crippen LogP contribution in [0.4, 0.5) is 5.95 Å². The fourth-order valence-corrected chi connectivity index (χ4v) is 2.70. The number of anilines is 1. The van der Waals surface area contributed by atoms with E-state index in [4.69, 9.17) is 9.90 Å². The minimum absolute atomic E-state index is 0.154. The predicted octanol–water partition coefficient (Wildman–Crippen LogP) is 1.83. The van der Waals surface area contributed by atoms with Gasteiger partial charge >= 0.3 is 0 Å². The number of hydrogen-bond acceptors (Lipinski definition) is 7. The molecule has 0 aliphatic carbocycles. The van der Waals surface area contributed by atoms with Crippen LogP contribution < -0.4 is 5.32 Å². The van der Waals surface area contributed by atoms with Crippen molar-refractivity contribution in [3.63, 3.8) is 0 Å². The van der Waals surface area contributed by atoms with Gasteiger partial charge in [0, 0.05) is 24.7 Å². The molecule has 0 atom stereocenters. The molecule has 0 radical (unpaired) electrons. The molecule has 10 heteroatoms. The maximum Gasteiger partial charge on any atom is 0.300 e. The van der Waals surface area contributed by atoms with Gasteiger partial charge in [0.1, 0.15) is 5.01 Å². The van der Waals surface area contributed by atoms with Crippen LogP contribution in [-0.2, 0) is 16.0 Å². The SMILES string of the molecule is CC(=O)O.Cc1nc(NC(=O)Cc2cn3ccsc3n2)ns1. The maximum atomic E-state index is 11.8. The predicted molar refractivity (Wildman–Crippen MR) is 83.4 cm³/mol. The molecule has 116 valence electrons. The van der Waals surface area contributed by atoms with Crippen molar-refractivity contribution in [3.8, 4) is 0 Å². The van der Waals surface area contributed by atoms with Gasteiger partial charge in [0.25, 0.3) is 5.97 Å². The van der Waals surface area contributed by atoms with Crippen LogP contribution in [0.25, 0.3) is 4.96 Å².